The lowest BCUT2D eigenvalue weighted by molar-refractivity contribution is 0.897. The van der Waals surface area contributed by atoms with Gasteiger partial charge in [0.15, 0.2) is 0 Å². The van der Waals surface area contributed by atoms with Crippen LogP contribution in [0, 0.1) is 0 Å². The van der Waals surface area contributed by atoms with Gasteiger partial charge in [-0.1, -0.05) is 22.0 Å². The van der Waals surface area contributed by atoms with E-state index in [2.05, 4.69) is 27.5 Å². The Kier molecular flexibility index (Phi) is 2.79. The molecule has 1 rings (SSSR count). The van der Waals surface area contributed by atoms with E-state index < -0.39 is 0 Å². The van der Waals surface area contributed by atoms with Crippen molar-refractivity contribution < 1.29 is 0 Å². The first-order valence-corrected chi connectivity index (χ1v) is 4.02. The molecule has 2 N–H and O–H groups in total. The zero-order chi connectivity index (χ0) is 8.27. The van der Waals surface area contributed by atoms with Gasteiger partial charge < -0.3 is 5.73 Å². The topological polar surface area (TPSA) is 38.9 Å². The van der Waals surface area contributed by atoms with E-state index in [-0.39, 0.29) is 6.04 Å². The maximum absolute atomic E-state index is 5.71. The maximum Gasteiger partial charge on any atom is 0.0505 e. The summed E-state index contributed by atoms with van der Waals surface area (Å²) in [4.78, 5) is 3.96. The first kappa shape index (κ1) is 8.43. The highest BCUT2D eigenvalue weighted by Crippen LogP contribution is 2.20. The summed E-state index contributed by atoms with van der Waals surface area (Å²) in [6.45, 7) is 3.60. The van der Waals surface area contributed by atoms with Crippen LogP contribution in [-0.4, -0.2) is 4.98 Å². The molecule has 0 saturated heterocycles. The molecule has 1 aromatic heterocycles. The van der Waals surface area contributed by atoms with Crippen LogP contribution in [0.1, 0.15) is 11.6 Å². The minimum atomic E-state index is -0.141. The Morgan fingerprint density at radius 1 is 1.73 bits per heavy atom. The van der Waals surface area contributed by atoms with Gasteiger partial charge in [0, 0.05) is 22.4 Å². The van der Waals surface area contributed by atoms with Crippen LogP contribution in [0.25, 0.3) is 0 Å². The Bertz CT molecular complexity index is 260. The fraction of sp³-hybridized carbons (Fsp3) is 0.125. The van der Waals surface area contributed by atoms with E-state index >= 15 is 0 Å². The van der Waals surface area contributed by atoms with Gasteiger partial charge in [0.1, 0.15) is 0 Å². The van der Waals surface area contributed by atoms with E-state index in [0.29, 0.717) is 0 Å². The van der Waals surface area contributed by atoms with Crippen molar-refractivity contribution >= 4 is 15.9 Å². The van der Waals surface area contributed by atoms with Crippen molar-refractivity contribution in [1.29, 1.82) is 0 Å². The van der Waals surface area contributed by atoms with Gasteiger partial charge in [-0.2, -0.15) is 0 Å². The van der Waals surface area contributed by atoms with Crippen LogP contribution in [0.4, 0.5) is 0 Å². The number of halogens is 1. The molecule has 1 atom stereocenters. The highest BCUT2D eigenvalue weighted by Gasteiger charge is 2.04. The average Bonchev–Trinajstić information content (AvgIpc) is 2.04. The third kappa shape index (κ3) is 1.88. The Labute approximate surface area is 74.3 Å². The molecule has 0 bridgehead atoms. The second-order valence-corrected chi connectivity index (χ2v) is 3.01. The van der Waals surface area contributed by atoms with Crippen molar-refractivity contribution in [3.8, 4) is 0 Å². The van der Waals surface area contributed by atoms with E-state index in [4.69, 9.17) is 5.73 Å². The van der Waals surface area contributed by atoms with Crippen molar-refractivity contribution in [3.05, 3.63) is 41.2 Å². The van der Waals surface area contributed by atoms with Crippen LogP contribution >= 0.6 is 15.9 Å². The van der Waals surface area contributed by atoms with Crippen molar-refractivity contribution in [3.63, 3.8) is 0 Å². The predicted octanol–water partition coefficient (Wildman–Crippen LogP) is 2.03. The molecule has 1 unspecified atom stereocenters. The van der Waals surface area contributed by atoms with Crippen molar-refractivity contribution in [2.45, 2.75) is 6.04 Å². The highest BCUT2D eigenvalue weighted by atomic mass is 79.9. The smallest absolute Gasteiger partial charge is 0.0505 e. The van der Waals surface area contributed by atoms with Gasteiger partial charge in [-0.25, -0.2) is 0 Å². The van der Waals surface area contributed by atoms with Crippen LogP contribution in [0.5, 0.6) is 0 Å². The van der Waals surface area contributed by atoms with Gasteiger partial charge in [0.05, 0.1) is 6.04 Å². The fourth-order valence-electron chi connectivity index (χ4n) is 0.762. The van der Waals surface area contributed by atoms with Gasteiger partial charge in [0.25, 0.3) is 0 Å². The highest BCUT2D eigenvalue weighted by molar-refractivity contribution is 9.10. The van der Waals surface area contributed by atoms with Crippen LogP contribution in [0.2, 0.25) is 0 Å². The molecule has 0 aliphatic carbocycles. The molecule has 0 saturated carbocycles. The summed E-state index contributed by atoms with van der Waals surface area (Å²) >= 11 is 3.37. The molecule has 1 aromatic rings. The molecule has 0 radical (unpaired) electrons. The molecule has 11 heavy (non-hydrogen) atoms. The van der Waals surface area contributed by atoms with Gasteiger partial charge in [-0.3, -0.25) is 4.98 Å². The molecule has 2 nitrogen and oxygen atoms in total. The number of hydrogen-bond acceptors (Lipinski definition) is 2. The van der Waals surface area contributed by atoms with Crippen LogP contribution in [0.15, 0.2) is 35.6 Å². The molecule has 0 aromatic carbocycles. The fourth-order valence-corrected chi connectivity index (χ4v) is 1.25. The molecular weight excluding hydrogens is 204 g/mol. The molecule has 3 heteroatoms. The monoisotopic (exact) mass is 212 g/mol. The van der Waals surface area contributed by atoms with Crippen molar-refractivity contribution in [1.82, 2.24) is 4.98 Å². The van der Waals surface area contributed by atoms with Crippen molar-refractivity contribution in [2.75, 3.05) is 0 Å². The predicted molar refractivity (Wildman–Crippen MR) is 49.1 cm³/mol. The Hall–Kier alpha value is -0.670. The van der Waals surface area contributed by atoms with Gasteiger partial charge in [-0.15, -0.1) is 6.58 Å². The number of aromatic nitrogens is 1. The lowest BCUT2D eigenvalue weighted by Gasteiger charge is -2.06. The summed E-state index contributed by atoms with van der Waals surface area (Å²) in [5, 5.41) is 0. The summed E-state index contributed by atoms with van der Waals surface area (Å²) in [5.41, 5.74) is 6.67. The number of pyridine rings is 1. The molecular formula is C8H9BrN2. The molecule has 1 heterocycles. The summed E-state index contributed by atoms with van der Waals surface area (Å²) < 4.78 is 0.972. The first-order chi connectivity index (χ1) is 5.25. The minimum absolute atomic E-state index is 0.141. The summed E-state index contributed by atoms with van der Waals surface area (Å²) in [6, 6.07) is 1.72. The van der Waals surface area contributed by atoms with Gasteiger partial charge in [0.2, 0.25) is 0 Å². The van der Waals surface area contributed by atoms with E-state index in [1.807, 2.05) is 6.07 Å². The molecule has 0 fully saturated rings. The zero-order valence-corrected chi connectivity index (χ0v) is 7.58. The molecule has 0 spiro atoms. The third-order valence-electron chi connectivity index (χ3n) is 1.41. The number of nitrogens with zero attached hydrogens (tertiary/aromatic N) is 1. The number of nitrogens with two attached hydrogens (primary N) is 1. The summed E-state index contributed by atoms with van der Waals surface area (Å²) in [5.74, 6) is 0. The van der Waals surface area contributed by atoms with Crippen LogP contribution in [-0.2, 0) is 0 Å². The Balaban J connectivity index is 3.02. The number of rotatable bonds is 2. The lowest BCUT2D eigenvalue weighted by Crippen LogP contribution is -2.07. The minimum Gasteiger partial charge on any atom is -0.321 e. The van der Waals surface area contributed by atoms with E-state index in [1.54, 1.807) is 18.5 Å². The zero-order valence-electron chi connectivity index (χ0n) is 6.00. The molecule has 0 aliphatic heterocycles. The van der Waals surface area contributed by atoms with E-state index in [1.165, 1.54) is 0 Å². The second kappa shape index (κ2) is 3.64. The second-order valence-electron chi connectivity index (χ2n) is 2.16. The largest absolute Gasteiger partial charge is 0.321 e. The summed E-state index contributed by atoms with van der Waals surface area (Å²) in [7, 11) is 0. The normalized spacial score (nSPS) is 12.5. The maximum atomic E-state index is 5.71. The standard InChI is InChI=1S/C8H9BrN2/c1-2-8(10)6-5-11-4-3-7(6)9/h2-5,8H,1,10H2. The molecule has 58 valence electrons. The molecule has 0 aliphatic rings. The van der Waals surface area contributed by atoms with Crippen LogP contribution in [0.3, 0.4) is 0 Å². The SMILES string of the molecule is C=CC(N)c1cnccc1Br. The van der Waals surface area contributed by atoms with Gasteiger partial charge in [-0.05, 0) is 6.07 Å². The van der Waals surface area contributed by atoms with Gasteiger partial charge >= 0.3 is 0 Å². The Morgan fingerprint density at radius 2 is 2.45 bits per heavy atom. The quantitative estimate of drug-likeness (QED) is 0.763. The molecule has 0 amide bonds. The lowest BCUT2D eigenvalue weighted by atomic mass is 10.1. The first-order valence-electron chi connectivity index (χ1n) is 3.23. The summed E-state index contributed by atoms with van der Waals surface area (Å²) in [6.07, 6.45) is 5.13. The Morgan fingerprint density at radius 3 is 3.00 bits per heavy atom. The average molecular weight is 213 g/mol. The van der Waals surface area contributed by atoms with Crippen molar-refractivity contribution in [2.24, 2.45) is 5.73 Å². The van der Waals surface area contributed by atoms with E-state index in [9.17, 15) is 0 Å². The number of hydrogen-bond donors (Lipinski definition) is 1. The third-order valence-corrected chi connectivity index (χ3v) is 2.13. The van der Waals surface area contributed by atoms with E-state index in [0.717, 1.165) is 10.0 Å². The van der Waals surface area contributed by atoms with Crippen LogP contribution < -0.4 is 5.73 Å².